The molecule has 1 saturated carbocycles. The van der Waals surface area contributed by atoms with Crippen LogP contribution in [0.15, 0.2) is 0 Å². The molecule has 1 aliphatic carbocycles. The van der Waals surface area contributed by atoms with Crippen molar-refractivity contribution < 1.29 is 0 Å². The molecule has 0 bridgehead atoms. The summed E-state index contributed by atoms with van der Waals surface area (Å²) in [7, 11) is 0. The zero-order valence-corrected chi connectivity index (χ0v) is 15.9. The minimum absolute atomic E-state index is 0.00963. The Hall–Kier alpha value is -0.0400. The van der Waals surface area contributed by atoms with E-state index < -0.39 is 0 Å². The van der Waals surface area contributed by atoms with E-state index in [0.29, 0.717) is 5.41 Å². The van der Waals surface area contributed by atoms with Crippen molar-refractivity contribution in [1.29, 1.82) is 0 Å². The molecular formula is C21H43N. The van der Waals surface area contributed by atoms with Crippen molar-refractivity contribution in [2.24, 2.45) is 11.1 Å². The molecule has 0 saturated heterocycles. The van der Waals surface area contributed by atoms with Crippen molar-refractivity contribution >= 4 is 0 Å². The molecule has 132 valence electrons. The maximum Gasteiger partial charge on any atom is 0.0180 e. The van der Waals surface area contributed by atoms with Gasteiger partial charge in [-0.2, -0.15) is 0 Å². The summed E-state index contributed by atoms with van der Waals surface area (Å²) >= 11 is 0. The zero-order chi connectivity index (χ0) is 16.3. The van der Waals surface area contributed by atoms with E-state index in [0.717, 1.165) is 0 Å². The molecule has 0 aromatic rings. The Kier molecular flexibility index (Phi) is 9.71. The maximum atomic E-state index is 6.80. The van der Waals surface area contributed by atoms with Gasteiger partial charge in [0.1, 0.15) is 0 Å². The average molecular weight is 310 g/mol. The van der Waals surface area contributed by atoms with E-state index in [1.165, 1.54) is 103 Å². The Morgan fingerprint density at radius 2 is 0.909 bits per heavy atom. The molecule has 22 heavy (non-hydrogen) atoms. The van der Waals surface area contributed by atoms with Crippen LogP contribution in [0.5, 0.6) is 0 Å². The van der Waals surface area contributed by atoms with E-state index >= 15 is 0 Å². The Balaban J connectivity index is 2.51. The largest absolute Gasteiger partial charge is 0.325 e. The third-order valence-corrected chi connectivity index (χ3v) is 6.58. The zero-order valence-electron chi connectivity index (χ0n) is 15.9. The highest BCUT2D eigenvalue weighted by molar-refractivity contribution is 4.95. The predicted molar refractivity (Wildman–Crippen MR) is 100 cm³/mol. The van der Waals surface area contributed by atoms with E-state index in [1.807, 2.05) is 0 Å². The van der Waals surface area contributed by atoms with Crippen LogP contribution in [-0.4, -0.2) is 5.54 Å². The normalized spacial score (nSPS) is 34.9. The van der Waals surface area contributed by atoms with E-state index in [1.54, 1.807) is 0 Å². The van der Waals surface area contributed by atoms with Crippen LogP contribution < -0.4 is 5.73 Å². The van der Waals surface area contributed by atoms with Crippen LogP contribution >= 0.6 is 0 Å². The highest BCUT2D eigenvalue weighted by Gasteiger charge is 2.38. The second-order valence-corrected chi connectivity index (χ2v) is 8.43. The third kappa shape index (κ3) is 7.02. The fourth-order valence-corrected chi connectivity index (χ4v) is 4.12. The SMILES string of the molecule is CCC1(C)CCCCCCCCCCCCCCCC1(C)N. The molecule has 1 fully saturated rings. The Bertz CT molecular complexity index is 271. The number of hydrogen-bond acceptors (Lipinski definition) is 1. The molecule has 0 aliphatic heterocycles. The summed E-state index contributed by atoms with van der Waals surface area (Å²) in [6.45, 7) is 7.11. The molecule has 2 atom stereocenters. The lowest BCUT2D eigenvalue weighted by Crippen LogP contribution is -2.51. The van der Waals surface area contributed by atoms with Crippen molar-refractivity contribution in [3.63, 3.8) is 0 Å². The fourth-order valence-electron chi connectivity index (χ4n) is 4.12. The van der Waals surface area contributed by atoms with Crippen LogP contribution in [-0.2, 0) is 0 Å². The van der Waals surface area contributed by atoms with E-state index in [4.69, 9.17) is 5.73 Å². The molecule has 2 unspecified atom stereocenters. The Labute approximate surface area is 140 Å². The second kappa shape index (κ2) is 10.7. The van der Waals surface area contributed by atoms with E-state index in [9.17, 15) is 0 Å². The molecule has 0 radical (unpaired) electrons. The van der Waals surface area contributed by atoms with Gasteiger partial charge in [0.15, 0.2) is 0 Å². The Morgan fingerprint density at radius 1 is 0.591 bits per heavy atom. The molecule has 1 heteroatoms. The van der Waals surface area contributed by atoms with Crippen LogP contribution in [0.1, 0.15) is 124 Å². The fraction of sp³-hybridized carbons (Fsp3) is 1.00. The van der Waals surface area contributed by atoms with Gasteiger partial charge in [-0.1, -0.05) is 97.3 Å². The summed E-state index contributed by atoms with van der Waals surface area (Å²) in [5.74, 6) is 0. The minimum atomic E-state index is 0.00963. The maximum absolute atomic E-state index is 6.80. The van der Waals surface area contributed by atoms with Crippen molar-refractivity contribution in [3.8, 4) is 0 Å². The third-order valence-electron chi connectivity index (χ3n) is 6.58. The van der Waals surface area contributed by atoms with Gasteiger partial charge < -0.3 is 5.73 Å². The van der Waals surface area contributed by atoms with Gasteiger partial charge in [0.2, 0.25) is 0 Å². The quantitative estimate of drug-likeness (QED) is 0.555. The van der Waals surface area contributed by atoms with Crippen molar-refractivity contribution in [2.45, 2.75) is 129 Å². The standard InChI is InChI=1S/C21H43N/c1-4-20(2)18-16-14-12-10-8-6-5-7-9-11-13-15-17-19-21(20,3)22/h4-19,22H2,1-3H3. The summed E-state index contributed by atoms with van der Waals surface area (Å²) in [5.41, 5.74) is 7.13. The van der Waals surface area contributed by atoms with E-state index in [2.05, 4.69) is 20.8 Å². The molecule has 2 N–H and O–H groups in total. The van der Waals surface area contributed by atoms with Gasteiger partial charge in [-0.15, -0.1) is 0 Å². The first kappa shape index (κ1) is 20.0. The van der Waals surface area contributed by atoms with Crippen LogP contribution in [0.2, 0.25) is 0 Å². The van der Waals surface area contributed by atoms with Crippen LogP contribution in [0.25, 0.3) is 0 Å². The molecule has 1 aliphatic rings. The van der Waals surface area contributed by atoms with Crippen LogP contribution in [0.4, 0.5) is 0 Å². The second-order valence-electron chi connectivity index (χ2n) is 8.43. The molecule has 1 rings (SSSR count). The summed E-state index contributed by atoms with van der Waals surface area (Å²) in [4.78, 5) is 0. The lowest BCUT2D eigenvalue weighted by molar-refractivity contribution is 0.119. The summed E-state index contributed by atoms with van der Waals surface area (Å²) < 4.78 is 0. The summed E-state index contributed by atoms with van der Waals surface area (Å²) in [6.07, 6.45) is 22.3. The first-order chi connectivity index (χ1) is 10.5. The molecule has 0 aromatic heterocycles. The number of hydrogen-bond donors (Lipinski definition) is 1. The molecule has 1 nitrogen and oxygen atoms in total. The van der Waals surface area contributed by atoms with Gasteiger partial charge in [-0.3, -0.25) is 0 Å². The molecule has 0 spiro atoms. The lowest BCUT2D eigenvalue weighted by atomic mass is 9.65. The van der Waals surface area contributed by atoms with Gasteiger partial charge in [0.05, 0.1) is 0 Å². The van der Waals surface area contributed by atoms with Crippen molar-refractivity contribution in [2.75, 3.05) is 0 Å². The van der Waals surface area contributed by atoms with Gasteiger partial charge in [0.25, 0.3) is 0 Å². The minimum Gasteiger partial charge on any atom is -0.325 e. The van der Waals surface area contributed by atoms with Gasteiger partial charge >= 0.3 is 0 Å². The molecule has 0 amide bonds. The highest BCUT2D eigenvalue weighted by Crippen LogP contribution is 2.41. The predicted octanol–water partition coefficient (Wildman–Crippen LogP) is 6.99. The first-order valence-electron chi connectivity index (χ1n) is 10.3. The van der Waals surface area contributed by atoms with Crippen LogP contribution in [0.3, 0.4) is 0 Å². The monoisotopic (exact) mass is 309 g/mol. The smallest absolute Gasteiger partial charge is 0.0180 e. The van der Waals surface area contributed by atoms with Gasteiger partial charge in [-0.25, -0.2) is 0 Å². The van der Waals surface area contributed by atoms with Crippen LogP contribution in [0, 0.1) is 5.41 Å². The summed E-state index contributed by atoms with van der Waals surface area (Å²) in [5, 5.41) is 0. The average Bonchev–Trinajstić information content (AvgIpc) is 2.50. The van der Waals surface area contributed by atoms with E-state index in [-0.39, 0.29) is 5.54 Å². The highest BCUT2D eigenvalue weighted by atomic mass is 14.8. The Morgan fingerprint density at radius 3 is 1.27 bits per heavy atom. The summed E-state index contributed by atoms with van der Waals surface area (Å²) in [6, 6.07) is 0. The first-order valence-corrected chi connectivity index (χ1v) is 10.3. The van der Waals surface area contributed by atoms with Crippen molar-refractivity contribution in [3.05, 3.63) is 0 Å². The number of rotatable bonds is 1. The van der Waals surface area contributed by atoms with Gasteiger partial charge in [-0.05, 0) is 31.6 Å². The number of nitrogens with two attached hydrogens (primary N) is 1. The lowest BCUT2D eigenvalue weighted by Gasteiger charge is -2.44. The van der Waals surface area contributed by atoms with Crippen molar-refractivity contribution in [1.82, 2.24) is 0 Å². The topological polar surface area (TPSA) is 26.0 Å². The molecular weight excluding hydrogens is 266 g/mol. The van der Waals surface area contributed by atoms with Gasteiger partial charge in [0, 0.05) is 5.54 Å². The molecule has 0 heterocycles. The molecule has 0 aromatic carbocycles.